The smallest absolute Gasteiger partial charge is 0.0593 e. The van der Waals surface area contributed by atoms with Gasteiger partial charge in [-0.2, -0.15) is 0 Å². The summed E-state index contributed by atoms with van der Waals surface area (Å²) in [4.78, 5) is 4.45. The summed E-state index contributed by atoms with van der Waals surface area (Å²) < 4.78 is 0. The van der Waals surface area contributed by atoms with Gasteiger partial charge in [-0.3, -0.25) is 4.99 Å². The second kappa shape index (κ2) is 9.13. The Labute approximate surface area is 115 Å². The molecule has 106 valence electrons. The van der Waals surface area contributed by atoms with E-state index in [0.29, 0.717) is 0 Å². The minimum Gasteiger partial charge on any atom is -0.292 e. The van der Waals surface area contributed by atoms with E-state index in [9.17, 15) is 0 Å². The molecule has 1 rings (SSSR count). The molecule has 0 N–H and O–H groups in total. The Morgan fingerprint density at radius 3 is 1.83 bits per heavy atom. The zero-order valence-electron chi connectivity index (χ0n) is 14.0. The zero-order chi connectivity index (χ0) is 14.8. The first kappa shape index (κ1) is 19.5. The first-order valence-electron chi connectivity index (χ1n) is 7.20. The predicted octanol–water partition coefficient (Wildman–Crippen LogP) is 5.68. The number of hydrogen-bond acceptors (Lipinski definition) is 1. The maximum Gasteiger partial charge on any atom is 0.0593 e. The molecule has 0 radical (unpaired) electrons. The van der Waals surface area contributed by atoms with Gasteiger partial charge in [0.2, 0.25) is 0 Å². The van der Waals surface area contributed by atoms with E-state index in [-0.39, 0.29) is 10.8 Å². The summed E-state index contributed by atoms with van der Waals surface area (Å²) in [5, 5.41) is 0. The average Bonchev–Trinajstić information content (AvgIpc) is 2.35. The topological polar surface area (TPSA) is 12.4 Å². The molecule has 18 heavy (non-hydrogen) atoms. The van der Waals surface area contributed by atoms with Gasteiger partial charge in [-0.1, -0.05) is 79.2 Å². The van der Waals surface area contributed by atoms with Gasteiger partial charge in [-0.25, -0.2) is 0 Å². The quantitative estimate of drug-likeness (QED) is 0.491. The molecule has 0 aromatic carbocycles. The number of hydrogen-bond donors (Lipinski definition) is 0. The van der Waals surface area contributed by atoms with Crippen LogP contribution in [0.4, 0.5) is 0 Å². The molecule has 0 saturated heterocycles. The van der Waals surface area contributed by atoms with Crippen molar-refractivity contribution in [1.29, 1.82) is 0 Å². The molecule has 0 aromatic rings. The molecule has 0 atom stereocenters. The van der Waals surface area contributed by atoms with Crippen molar-refractivity contribution in [2.24, 2.45) is 15.8 Å². The number of allylic oxidation sites excluding steroid dienone is 3. The minimum absolute atomic E-state index is 0.0791. The van der Waals surface area contributed by atoms with E-state index in [1.807, 2.05) is 33.9 Å². The standard InChI is InChI=1S/C13H21N.2C2H6/c1-11-8-12(2,3)6-7-13(4,5)10-14-9-11;2*1-2/h6-8,10H,9H2,1-5H3;2*1-2H3/b7-6-,11-8?,14-10?;;. The molecule has 1 nitrogen and oxygen atoms in total. The Kier molecular flexibility index (Phi) is 9.88. The lowest BCUT2D eigenvalue weighted by Crippen LogP contribution is -2.11. The van der Waals surface area contributed by atoms with Crippen LogP contribution in [0.3, 0.4) is 0 Å². The van der Waals surface area contributed by atoms with Crippen LogP contribution in [0.1, 0.15) is 62.3 Å². The number of rotatable bonds is 0. The Morgan fingerprint density at radius 1 is 0.889 bits per heavy atom. The van der Waals surface area contributed by atoms with Crippen LogP contribution in [0.5, 0.6) is 0 Å². The lowest BCUT2D eigenvalue weighted by atomic mass is 9.86. The molecule has 0 amide bonds. The zero-order valence-corrected chi connectivity index (χ0v) is 14.0. The fourth-order valence-electron chi connectivity index (χ4n) is 1.63. The molecule has 0 bridgehead atoms. The third-order valence-corrected chi connectivity index (χ3v) is 2.33. The van der Waals surface area contributed by atoms with Gasteiger partial charge in [-0.15, -0.1) is 0 Å². The van der Waals surface area contributed by atoms with Gasteiger partial charge in [0.25, 0.3) is 0 Å². The van der Waals surface area contributed by atoms with Gasteiger partial charge >= 0.3 is 0 Å². The molecular formula is C17H33N. The van der Waals surface area contributed by atoms with E-state index in [1.165, 1.54) is 5.57 Å². The molecule has 0 aliphatic carbocycles. The van der Waals surface area contributed by atoms with Crippen molar-refractivity contribution in [1.82, 2.24) is 0 Å². The van der Waals surface area contributed by atoms with Crippen molar-refractivity contribution >= 4 is 6.21 Å². The third kappa shape index (κ3) is 9.21. The molecule has 0 unspecified atom stereocenters. The van der Waals surface area contributed by atoms with Crippen molar-refractivity contribution in [3.05, 3.63) is 23.8 Å². The SMILES string of the molecule is CC.CC.CC1=CC(C)(C)/C=C\C(C)(C)C=NC1. The van der Waals surface area contributed by atoms with E-state index in [1.54, 1.807) is 0 Å². The molecule has 1 heteroatoms. The van der Waals surface area contributed by atoms with Gasteiger partial charge in [-0.05, 0) is 6.92 Å². The molecular weight excluding hydrogens is 218 g/mol. The normalized spacial score (nSPS) is 21.7. The van der Waals surface area contributed by atoms with Crippen molar-refractivity contribution < 1.29 is 0 Å². The Hall–Kier alpha value is -0.850. The van der Waals surface area contributed by atoms with Gasteiger partial charge in [0, 0.05) is 17.0 Å². The molecule has 1 heterocycles. The maximum absolute atomic E-state index is 4.45. The summed E-state index contributed by atoms with van der Waals surface area (Å²) >= 11 is 0. The first-order valence-corrected chi connectivity index (χ1v) is 7.20. The van der Waals surface area contributed by atoms with Crippen LogP contribution in [-0.4, -0.2) is 12.8 Å². The summed E-state index contributed by atoms with van der Waals surface area (Å²) in [7, 11) is 0. The highest BCUT2D eigenvalue weighted by Crippen LogP contribution is 2.26. The first-order chi connectivity index (χ1) is 8.31. The van der Waals surface area contributed by atoms with Crippen molar-refractivity contribution in [3.8, 4) is 0 Å². The molecule has 1 aliphatic rings. The molecule has 0 aromatic heterocycles. The molecule has 0 fully saturated rings. The Bertz CT molecular complexity index is 291. The lowest BCUT2D eigenvalue weighted by Gasteiger charge is -2.18. The van der Waals surface area contributed by atoms with Gasteiger partial charge in [0.15, 0.2) is 0 Å². The summed E-state index contributed by atoms with van der Waals surface area (Å²) in [5.41, 5.74) is 1.57. The summed E-state index contributed by atoms with van der Waals surface area (Å²) in [6, 6.07) is 0. The van der Waals surface area contributed by atoms with Gasteiger partial charge < -0.3 is 0 Å². The summed E-state index contributed by atoms with van der Waals surface area (Å²) in [6.45, 7) is 19.8. The van der Waals surface area contributed by atoms with E-state index >= 15 is 0 Å². The van der Waals surface area contributed by atoms with Crippen LogP contribution >= 0.6 is 0 Å². The maximum atomic E-state index is 4.45. The van der Waals surface area contributed by atoms with Crippen molar-refractivity contribution in [2.45, 2.75) is 62.3 Å². The monoisotopic (exact) mass is 251 g/mol. The van der Waals surface area contributed by atoms with Crippen LogP contribution in [0.25, 0.3) is 0 Å². The van der Waals surface area contributed by atoms with E-state index in [2.05, 4.69) is 57.8 Å². The molecule has 0 spiro atoms. The lowest BCUT2D eigenvalue weighted by molar-refractivity contribution is 0.601. The number of nitrogens with zero attached hydrogens (tertiary/aromatic N) is 1. The second-order valence-corrected chi connectivity index (χ2v) is 5.44. The molecule has 1 aliphatic heterocycles. The minimum atomic E-state index is 0.0791. The van der Waals surface area contributed by atoms with E-state index in [0.717, 1.165) is 6.54 Å². The average molecular weight is 251 g/mol. The molecule has 0 saturated carbocycles. The highest BCUT2D eigenvalue weighted by Gasteiger charge is 2.16. The van der Waals surface area contributed by atoms with Gasteiger partial charge in [0.1, 0.15) is 0 Å². The highest BCUT2D eigenvalue weighted by atomic mass is 14.7. The highest BCUT2D eigenvalue weighted by molar-refractivity contribution is 5.67. The van der Waals surface area contributed by atoms with Crippen LogP contribution in [0, 0.1) is 10.8 Å². The Balaban J connectivity index is 0. The summed E-state index contributed by atoms with van der Waals surface area (Å²) in [5.74, 6) is 0. The predicted molar refractivity (Wildman–Crippen MR) is 86.5 cm³/mol. The second-order valence-electron chi connectivity index (χ2n) is 5.44. The van der Waals surface area contributed by atoms with Crippen LogP contribution in [0.15, 0.2) is 28.8 Å². The van der Waals surface area contributed by atoms with Crippen LogP contribution in [-0.2, 0) is 0 Å². The fourth-order valence-corrected chi connectivity index (χ4v) is 1.63. The van der Waals surface area contributed by atoms with E-state index < -0.39 is 0 Å². The fraction of sp³-hybridized carbons (Fsp3) is 0.706. The largest absolute Gasteiger partial charge is 0.292 e. The van der Waals surface area contributed by atoms with Gasteiger partial charge in [0.05, 0.1) is 6.54 Å². The van der Waals surface area contributed by atoms with E-state index in [4.69, 9.17) is 0 Å². The third-order valence-electron chi connectivity index (χ3n) is 2.33. The van der Waals surface area contributed by atoms with Crippen LogP contribution < -0.4 is 0 Å². The van der Waals surface area contributed by atoms with Crippen molar-refractivity contribution in [3.63, 3.8) is 0 Å². The Morgan fingerprint density at radius 2 is 1.33 bits per heavy atom. The summed E-state index contributed by atoms with van der Waals surface area (Å²) in [6.07, 6.45) is 8.85. The van der Waals surface area contributed by atoms with Crippen molar-refractivity contribution in [2.75, 3.05) is 6.54 Å². The number of aliphatic imine (C=N–C) groups is 1. The van der Waals surface area contributed by atoms with Crippen LogP contribution in [0.2, 0.25) is 0 Å².